The zero-order chi connectivity index (χ0) is 29.4. The van der Waals surface area contributed by atoms with E-state index in [9.17, 15) is 27.2 Å². The standard InChI is InChI=1S/C34H20F4N2O2/c1-39-27-11-9-17(31-23(35)5-3-6-24(31)36)13-19(27)33(41)21-16-30-22(15-29(21)39)34(42)20-14-18(10-12-28(20)40(30)2)32-25(37)7-4-8-26(32)38/h3-16H,1-2H3. The number of halogens is 4. The fraction of sp³-hybridized carbons (Fsp3) is 0.0588. The minimum absolute atomic E-state index is 0.219. The molecule has 206 valence electrons. The highest BCUT2D eigenvalue weighted by Crippen LogP contribution is 2.32. The molecule has 0 spiro atoms. The van der Waals surface area contributed by atoms with E-state index in [2.05, 4.69) is 0 Å². The maximum absolute atomic E-state index is 14.5. The molecule has 0 saturated heterocycles. The smallest absolute Gasteiger partial charge is 0.197 e. The molecule has 2 aromatic heterocycles. The van der Waals surface area contributed by atoms with Crippen molar-refractivity contribution in [3.8, 4) is 22.3 Å². The molecule has 2 heterocycles. The number of aromatic nitrogens is 2. The zero-order valence-electron chi connectivity index (χ0n) is 22.3. The highest BCUT2D eigenvalue weighted by atomic mass is 19.1. The molecule has 0 amide bonds. The Labute approximate surface area is 235 Å². The summed E-state index contributed by atoms with van der Waals surface area (Å²) in [5.74, 6) is -2.94. The molecule has 5 aromatic carbocycles. The van der Waals surface area contributed by atoms with Crippen molar-refractivity contribution < 1.29 is 17.6 Å². The summed E-state index contributed by atoms with van der Waals surface area (Å²) >= 11 is 0. The average molecular weight is 565 g/mol. The summed E-state index contributed by atoms with van der Waals surface area (Å²) < 4.78 is 61.6. The molecule has 0 aliphatic heterocycles. The van der Waals surface area contributed by atoms with Crippen molar-refractivity contribution in [2.75, 3.05) is 0 Å². The van der Waals surface area contributed by atoms with Crippen LogP contribution in [0.1, 0.15) is 0 Å². The van der Waals surface area contributed by atoms with Crippen LogP contribution in [0.5, 0.6) is 0 Å². The molecule has 0 bridgehead atoms. The first-order valence-electron chi connectivity index (χ1n) is 13.1. The van der Waals surface area contributed by atoms with Crippen molar-refractivity contribution >= 4 is 43.6 Å². The van der Waals surface area contributed by atoms with E-state index in [0.717, 1.165) is 24.3 Å². The van der Waals surface area contributed by atoms with Crippen molar-refractivity contribution in [3.05, 3.63) is 129 Å². The third-order valence-electron chi connectivity index (χ3n) is 8.03. The molecule has 0 saturated carbocycles. The molecule has 7 rings (SSSR count). The second kappa shape index (κ2) is 9.14. The van der Waals surface area contributed by atoms with E-state index in [1.54, 1.807) is 59.6 Å². The summed E-state index contributed by atoms with van der Waals surface area (Å²) in [6.45, 7) is 0. The van der Waals surface area contributed by atoms with Gasteiger partial charge in [0.1, 0.15) is 23.3 Å². The Balaban J connectivity index is 1.52. The van der Waals surface area contributed by atoms with Gasteiger partial charge in [0.15, 0.2) is 10.9 Å². The predicted octanol–water partition coefficient (Wildman–Crippen LogP) is 7.59. The van der Waals surface area contributed by atoms with Gasteiger partial charge in [-0.25, -0.2) is 17.6 Å². The lowest BCUT2D eigenvalue weighted by molar-refractivity contribution is 0.589. The van der Waals surface area contributed by atoms with Crippen molar-refractivity contribution in [1.82, 2.24) is 9.13 Å². The number of aryl methyl sites for hydroxylation is 2. The van der Waals surface area contributed by atoms with Crippen LogP contribution in [0, 0.1) is 23.3 Å². The highest BCUT2D eigenvalue weighted by molar-refractivity contribution is 6.04. The quantitative estimate of drug-likeness (QED) is 0.160. The lowest BCUT2D eigenvalue weighted by atomic mass is 9.99. The molecule has 0 unspecified atom stereocenters. The van der Waals surface area contributed by atoms with Crippen LogP contribution in [-0.4, -0.2) is 9.13 Å². The molecule has 0 aliphatic carbocycles. The first-order valence-corrected chi connectivity index (χ1v) is 13.1. The molecule has 8 heteroatoms. The number of benzene rings is 5. The molecular formula is C34H20F4N2O2. The number of hydrogen-bond acceptors (Lipinski definition) is 2. The number of nitrogens with zero attached hydrogens (tertiary/aromatic N) is 2. The predicted molar refractivity (Wildman–Crippen MR) is 158 cm³/mol. The maximum atomic E-state index is 14.5. The topological polar surface area (TPSA) is 44.0 Å². The Bertz CT molecular complexity index is 2210. The Morgan fingerprint density at radius 2 is 0.786 bits per heavy atom. The van der Waals surface area contributed by atoms with Crippen molar-refractivity contribution in [2.45, 2.75) is 0 Å². The van der Waals surface area contributed by atoms with E-state index in [1.165, 1.54) is 24.3 Å². The van der Waals surface area contributed by atoms with Crippen molar-refractivity contribution in [2.24, 2.45) is 14.1 Å². The molecule has 0 fully saturated rings. The summed E-state index contributed by atoms with van der Waals surface area (Å²) in [6.07, 6.45) is 0. The Kier molecular flexibility index (Phi) is 5.59. The van der Waals surface area contributed by atoms with Crippen LogP contribution in [0.25, 0.3) is 65.9 Å². The summed E-state index contributed by atoms with van der Waals surface area (Å²) in [7, 11) is 3.48. The third kappa shape index (κ3) is 3.61. The molecule has 42 heavy (non-hydrogen) atoms. The van der Waals surface area contributed by atoms with E-state index in [4.69, 9.17) is 0 Å². The van der Waals surface area contributed by atoms with Crippen LogP contribution < -0.4 is 10.9 Å². The summed E-state index contributed by atoms with van der Waals surface area (Å²) in [6, 6.07) is 19.8. The van der Waals surface area contributed by atoms with E-state index in [1.807, 2.05) is 0 Å². The SMILES string of the molecule is Cn1c2ccc(-c3c(F)cccc3F)cc2c(=O)c2cc3c(cc21)c(=O)c1cc(-c2c(F)cccc2F)ccc1n3C. The van der Waals surface area contributed by atoms with Crippen molar-refractivity contribution in [1.29, 1.82) is 0 Å². The van der Waals surface area contributed by atoms with Gasteiger partial charge in [-0.15, -0.1) is 0 Å². The monoisotopic (exact) mass is 564 g/mol. The van der Waals surface area contributed by atoms with Gasteiger partial charge in [-0.05, 0) is 71.8 Å². The molecule has 0 atom stereocenters. The maximum Gasteiger partial charge on any atom is 0.197 e. The Morgan fingerprint density at radius 1 is 0.452 bits per heavy atom. The van der Waals surface area contributed by atoms with Gasteiger partial charge < -0.3 is 9.13 Å². The van der Waals surface area contributed by atoms with Crippen LogP contribution in [0.15, 0.2) is 94.5 Å². The summed E-state index contributed by atoms with van der Waals surface area (Å²) in [5.41, 5.74) is 1.33. The lowest BCUT2D eigenvalue weighted by Crippen LogP contribution is -2.13. The summed E-state index contributed by atoms with van der Waals surface area (Å²) in [4.78, 5) is 27.6. The van der Waals surface area contributed by atoms with Gasteiger partial charge in [0.05, 0.1) is 33.2 Å². The second-order valence-electron chi connectivity index (χ2n) is 10.3. The molecule has 0 radical (unpaired) electrons. The van der Waals surface area contributed by atoms with Gasteiger partial charge in [-0.2, -0.15) is 0 Å². The Morgan fingerprint density at radius 3 is 1.14 bits per heavy atom. The largest absolute Gasteiger partial charge is 0.343 e. The van der Waals surface area contributed by atoms with Crippen LogP contribution >= 0.6 is 0 Å². The van der Waals surface area contributed by atoms with Crippen LogP contribution in [0.2, 0.25) is 0 Å². The van der Waals surface area contributed by atoms with Crippen LogP contribution in [0.4, 0.5) is 17.6 Å². The van der Waals surface area contributed by atoms with Gasteiger partial charge in [-0.3, -0.25) is 9.59 Å². The van der Waals surface area contributed by atoms with Gasteiger partial charge in [0, 0.05) is 35.6 Å². The fourth-order valence-corrected chi connectivity index (χ4v) is 5.92. The number of fused-ring (bicyclic) bond motifs is 4. The number of pyridine rings is 2. The van der Waals surface area contributed by atoms with Gasteiger partial charge >= 0.3 is 0 Å². The first kappa shape index (κ1) is 25.7. The minimum Gasteiger partial charge on any atom is -0.343 e. The highest BCUT2D eigenvalue weighted by Gasteiger charge is 2.18. The third-order valence-corrected chi connectivity index (χ3v) is 8.03. The zero-order valence-corrected chi connectivity index (χ0v) is 22.3. The molecule has 4 nitrogen and oxygen atoms in total. The molecule has 0 aliphatic rings. The van der Waals surface area contributed by atoms with Crippen LogP contribution in [-0.2, 0) is 14.1 Å². The van der Waals surface area contributed by atoms with Gasteiger partial charge in [0.2, 0.25) is 0 Å². The van der Waals surface area contributed by atoms with Crippen molar-refractivity contribution in [3.63, 3.8) is 0 Å². The van der Waals surface area contributed by atoms with Gasteiger partial charge in [-0.1, -0.05) is 24.3 Å². The number of hydrogen-bond donors (Lipinski definition) is 0. The minimum atomic E-state index is -0.735. The lowest BCUT2D eigenvalue weighted by Gasteiger charge is -2.16. The Hall–Kier alpha value is -5.24. The number of rotatable bonds is 2. The van der Waals surface area contributed by atoms with E-state index < -0.39 is 23.3 Å². The van der Waals surface area contributed by atoms with E-state index >= 15 is 0 Å². The summed E-state index contributed by atoms with van der Waals surface area (Å²) in [5, 5.41) is 1.19. The van der Waals surface area contributed by atoms with E-state index in [0.29, 0.717) is 32.8 Å². The van der Waals surface area contributed by atoms with Crippen LogP contribution in [0.3, 0.4) is 0 Å². The first-order chi connectivity index (χ1) is 20.2. The molecular weight excluding hydrogens is 544 g/mol. The normalized spacial score (nSPS) is 11.8. The van der Waals surface area contributed by atoms with E-state index in [-0.39, 0.29) is 43.9 Å². The molecule has 7 aromatic rings. The fourth-order valence-electron chi connectivity index (χ4n) is 5.92. The van der Waals surface area contributed by atoms with Gasteiger partial charge in [0.25, 0.3) is 0 Å². The second-order valence-corrected chi connectivity index (χ2v) is 10.3. The average Bonchev–Trinajstić information content (AvgIpc) is 2.98. The molecule has 0 N–H and O–H groups in total.